The summed E-state index contributed by atoms with van der Waals surface area (Å²) in [6, 6.07) is 15.6. The zero-order valence-corrected chi connectivity index (χ0v) is 12.5. The van der Waals surface area contributed by atoms with Crippen molar-refractivity contribution >= 4 is 27.5 Å². The highest BCUT2D eigenvalue weighted by Gasteiger charge is 1.99. The predicted molar refractivity (Wildman–Crippen MR) is 80.9 cm³/mol. The molecule has 0 unspecified atom stereocenters. The Balaban J connectivity index is 1.92. The average molecular weight is 336 g/mol. The molecule has 96 valence electrons. The molecular formula is C15H12BrClN2. The van der Waals surface area contributed by atoms with Gasteiger partial charge in [0.15, 0.2) is 0 Å². The highest BCUT2D eigenvalue weighted by molar-refractivity contribution is 9.10. The molecule has 0 aliphatic rings. The van der Waals surface area contributed by atoms with Gasteiger partial charge in [-0.25, -0.2) is 0 Å². The first kappa shape index (κ1) is 14.1. The van der Waals surface area contributed by atoms with Gasteiger partial charge >= 0.3 is 0 Å². The van der Waals surface area contributed by atoms with E-state index in [2.05, 4.69) is 27.3 Å². The lowest BCUT2D eigenvalue weighted by molar-refractivity contribution is 0.693. The topological polar surface area (TPSA) is 35.8 Å². The van der Waals surface area contributed by atoms with Crippen LogP contribution in [-0.4, -0.2) is 0 Å². The second-order valence-corrected chi connectivity index (χ2v) is 5.43. The molecule has 0 aromatic heterocycles. The largest absolute Gasteiger partial charge is 0.309 e. The second-order valence-electron chi connectivity index (χ2n) is 4.16. The molecule has 1 N–H and O–H groups in total. The third kappa shape index (κ3) is 4.07. The molecule has 0 bridgehead atoms. The SMILES string of the molecule is N#Cc1cccc(CNCc2ccc(Cl)c(Br)c2)c1. The van der Waals surface area contributed by atoms with Gasteiger partial charge < -0.3 is 5.32 Å². The molecule has 0 spiro atoms. The minimum Gasteiger partial charge on any atom is -0.309 e. The predicted octanol–water partition coefficient (Wildman–Crippen LogP) is 4.26. The first-order valence-electron chi connectivity index (χ1n) is 5.83. The normalized spacial score (nSPS) is 10.2. The number of rotatable bonds is 4. The molecule has 0 heterocycles. The van der Waals surface area contributed by atoms with Gasteiger partial charge in [0.25, 0.3) is 0 Å². The van der Waals surface area contributed by atoms with Crippen LogP contribution in [0.1, 0.15) is 16.7 Å². The van der Waals surface area contributed by atoms with E-state index in [-0.39, 0.29) is 0 Å². The van der Waals surface area contributed by atoms with Crippen molar-refractivity contribution in [2.24, 2.45) is 0 Å². The van der Waals surface area contributed by atoms with Crippen molar-refractivity contribution in [3.8, 4) is 6.07 Å². The Labute approximate surface area is 126 Å². The lowest BCUT2D eigenvalue weighted by Gasteiger charge is -2.06. The second kappa shape index (κ2) is 6.72. The molecule has 2 nitrogen and oxygen atoms in total. The highest BCUT2D eigenvalue weighted by atomic mass is 79.9. The van der Waals surface area contributed by atoms with Gasteiger partial charge in [0.05, 0.1) is 16.7 Å². The average Bonchev–Trinajstić information content (AvgIpc) is 2.43. The molecule has 2 aromatic carbocycles. The molecule has 0 fully saturated rings. The van der Waals surface area contributed by atoms with Gasteiger partial charge in [0, 0.05) is 17.6 Å². The van der Waals surface area contributed by atoms with Crippen LogP contribution in [0.4, 0.5) is 0 Å². The molecule has 0 aliphatic heterocycles. The maximum absolute atomic E-state index is 8.83. The summed E-state index contributed by atoms with van der Waals surface area (Å²) in [5.41, 5.74) is 2.95. The van der Waals surface area contributed by atoms with Gasteiger partial charge in [-0.15, -0.1) is 0 Å². The van der Waals surface area contributed by atoms with E-state index in [9.17, 15) is 0 Å². The van der Waals surface area contributed by atoms with E-state index in [4.69, 9.17) is 16.9 Å². The van der Waals surface area contributed by atoms with E-state index in [0.717, 1.165) is 28.7 Å². The van der Waals surface area contributed by atoms with E-state index >= 15 is 0 Å². The van der Waals surface area contributed by atoms with Crippen LogP contribution < -0.4 is 5.32 Å². The van der Waals surface area contributed by atoms with Crippen molar-refractivity contribution in [3.05, 3.63) is 68.7 Å². The smallest absolute Gasteiger partial charge is 0.0991 e. The van der Waals surface area contributed by atoms with Crippen LogP contribution >= 0.6 is 27.5 Å². The van der Waals surface area contributed by atoms with Gasteiger partial charge in [-0.05, 0) is 51.3 Å². The van der Waals surface area contributed by atoms with Crippen LogP contribution in [0.25, 0.3) is 0 Å². The lowest BCUT2D eigenvalue weighted by Crippen LogP contribution is -2.12. The summed E-state index contributed by atoms with van der Waals surface area (Å²) in [7, 11) is 0. The summed E-state index contributed by atoms with van der Waals surface area (Å²) in [5.74, 6) is 0. The Morgan fingerprint density at radius 1 is 1.11 bits per heavy atom. The fourth-order valence-corrected chi connectivity index (χ4v) is 2.30. The molecule has 2 rings (SSSR count). The van der Waals surface area contributed by atoms with Gasteiger partial charge in [-0.1, -0.05) is 29.8 Å². The van der Waals surface area contributed by atoms with E-state index in [1.165, 1.54) is 0 Å². The van der Waals surface area contributed by atoms with Crippen molar-refractivity contribution in [2.45, 2.75) is 13.1 Å². The summed E-state index contributed by atoms with van der Waals surface area (Å²) >= 11 is 9.35. The van der Waals surface area contributed by atoms with E-state index in [0.29, 0.717) is 10.6 Å². The van der Waals surface area contributed by atoms with Crippen LogP contribution in [-0.2, 0) is 13.1 Å². The Bertz CT molecular complexity index is 620. The number of halogens is 2. The zero-order chi connectivity index (χ0) is 13.7. The molecule has 2 aromatic rings. The molecule has 0 atom stereocenters. The van der Waals surface area contributed by atoms with Crippen LogP contribution in [0.2, 0.25) is 5.02 Å². The number of nitrogens with one attached hydrogen (secondary N) is 1. The van der Waals surface area contributed by atoms with Crippen LogP contribution in [0, 0.1) is 11.3 Å². The summed E-state index contributed by atoms with van der Waals surface area (Å²) < 4.78 is 0.903. The number of hydrogen-bond donors (Lipinski definition) is 1. The summed E-state index contributed by atoms with van der Waals surface area (Å²) in [6.45, 7) is 1.49. The van der Waals surface area contributed by atoms with E-state index in [1.54, 1.807) is 6.07 Å². The van der Waals surface area contributed by atoms with Gasteiger partial charge in [-0.2, -0.15) is 5.26 Å². The molecule has 0 amide bonds. The third-order valence-corrected chi connectivity index (χ3v) is 3.91. The molecule has 0 saturated heterocycles. The lowest BCUT2D eigenvalue weighted by atomic mass is 10.1. The highest BCUT2D eigenvalue weighted by Crippen LogP contribution is 2.23. The van der Waals surface area contributed by atoms with E-state index in [1.807, 2.05) is 36.4 Å². The van der Waals surface area contributed by atoms with Crippen molar-refractivity contribution in [2.75, 3.05) is 0 Å². The summed E-state index contributed by atoms with van der Waals surface area (Å²) in [5, 5.41) is 12.9. The fourth-order valence-electron chi connectivity index (χ4n) is 1.75. The quantitative estimate of drug-likeness (QED) is 0.906. The molecule has 0 saturated carbocycles. The maximum atomic E-state index is 8.83. The third-order valence-electron chi connectivity index (χ3n) is 2.70. The Kier molecular flexibility index (Phi) is 4.98. The maximum Gasteiger partial charge on any atom is 0.0991 e. The van der Waals surface area contributed by atoms with E-state index < -0.39 is 0 Å². The van der Waals surface area contributed by atoms with Crippen molar-refractivity contribution in [1.29, 1.82) is 5.26 Å². The van der Waals surface area contributed by atoms with Crippen molar-refractivity contribution in [1.82, 2.24) is 5.32 Å². The molecule has 0 radical (unpaired) electrons. The van der Waals surface area contributed by atoms with Gasteiger partial charge in [0.1, 0.15) is 0 Å². The van der Waals surface area contributed by atoms with Crippen LogP contribution in [0.3, 0.4) is 0 Å². The van der Waals surface area contributed by atoms with Gasteiger partial charge in [-0.3, -0.25) is 0 Å². The summed E-state index contributed by atoms with van der Waals surface area (Å²) in [4.78, 5) is 0. The standard InChI is InChI=1S/C15H12BrClN2/c16-14-7-13(4-5-15(14)17)10-19-9-12-3-1-2-11(6-12)8-18/h1-7,19H,9-10H2. The van der Waals surface area contributed by atoms with Gasteiger partial charge in [0.2, 0.25) is 0 Å². The van der Waals surface area contributed by atoms with Crippen molar-refractivity contribution in [3.63, 3.8) is 0 Å². The fraction of sp³-hybridized carbons (Fsp3) is 0.133. The first-order chi connectivity index (χ1) is 9.19. The Hall–Kier alpha value is -1.34. The number of benzene rings is 2. The Morgan fingerprint density at radius 2 is 1.84 bits per heavy atom. The van der Waals surface area contributed by atoms with Crippen LogP contribution in [0.5, 0.6) is 0 Å². The molecule has 19 heavy (non-hydrogen) atoms. The minimum absolute atomic E-state index is 0.688. The monoisotopic (exact) mass is 334 g/mol. The van der Waals surface area contributed by atoms with Crippen molar-refractivity contribution < 1.29 is 0 Å². The van der Waals surface area contributed by atoms with Crippen LogP contribution in [0.15, 0.2) is 46.9 Å². The summed E-state index contributed by atoms with van der Waals surface area (Å²) in [6.07, 6.45) is 0. The molecule has 4 heteroatoms. The first-order valence-corrected chi connectivity index (χ1v) is 7.00. The number of nitrogens with zero attached hydrogens (tertiary/aromatic N) is 1. The zero-order valence-electron chi connectivity index (χ0n) is 10.2. The Morgan fingerprint density at radius 3 is 2.53 bits per heavy atom. The minimum atomic E-state index is 0.688. The molecule has 0 aliphatic carbocycles. The number of nitriles is 1. The number of hydrogen-bond acceptors (Lipinski definition) is 2. The molecular weight excluding hydrogens is 324 g/mol.